The lowest BCUT2D eigenvalue weighted by Crippen LogP contribution is -2.74. The Morgan fingerprint density at radius 3 is 2.73 bits per heavy atom. The van der Waals surface area contributed by atoms with Crippen molar-refractivity contribution >= 4 is 5.78 Å². The van der Waals surface area contributed by atoms with E-state index in [1.165, 1.54) is 0 Å². The number of hydrogen-bond donors (Lipinski definition) is 2. The van der Waals surface area contributed by atoms with E-state index in [1.54, 1.807) is 0 Å². The molecular formula is C16H20O6. The first-order chi connectivity index (χ1) is 10.5. The first kappa shape index (κ1) is 12.8. The summed E-state index contributed by atoms with van der Waals surface area (Å²) in [5, 5.41) is 22.7. The lowest BCUT2D eigenvalue weighted by atomic mass is 9.45. The largest absolute Gasteiger partial charge is 0.389 e. The van der Waals surface area contributed by atoms with Crippen LogP contribution >= 0.6 is 0 Å². The first-order valence-corrected chi connectivity index (χ1v) is 8.39. The molecule has 6 heteroatoms. The predicted octanol–water partition coefficient (Wildman–Crippen LogP) is -0.597. The zero-order valence-electron chi connectivity index (χ0n) is 12.2. The molecular weight excluding hydrogens is 288 g/mol. The summed E-state index contributed by atoms with van der Waals surface area (Å²) >= 11 is 0. The maximum Gasteiger partial charge on any atom is 0.141 e. The van der Waals surface area contributed by atoms with Gasteiger partial charge in [-0.1, -0.05) is 0 Å². The molecule has 7 aliphatic rings. The van der Waals surface area contributed by atoms with Gasteiger partial charge in [-0.15, -0.1) is 0 Å². The van der Waals surface area contributed by atoms with Gasteiger partial charge < -0.3 is 24.4 Å². The van der Waals surface area contributed by atoms with Crippen molar-refractivity contribution in [3.8, 4) is 0 Å². The number of Topliss-reactive ketones (excluding diaryl/α,β-unsaturated/α-hetero) is 1. The van der Waals surface area contributed by atoms with Crippen molar-refractivity contribution in [3.05, 3.63) is 0 Å². The molecule has 22 heavy (non-hydrogen) atoms. The molecule has 4 saturated carbocycles. The standard InChI is InChI=1S/C16H20O6/c17-8-5-7-10-12-14(18)1-3-20-9(14)6-15(10,19)11(8)13-16(7,22-12)2-4-21-13/h7,9-13,18-19H,1-6H2/t7-,9-,10+,11-,12-,13+,14+,15+,16+/m0/s1. The molecule has 3 saturated heterocycles. The van der Waals surface area contributed by atoms with Gasteiger partial charge in [0.05, 0.1) is 36.4 Å². The van der Waals surface area contributed by atoms with Gasteiger partial charge in [-0.25, -0.2) is 0 Å². The number of fused-ring (bicyclic) bond motifs is 3. The number of ketones is 1. The molecule has 2 N–H and O–H groups in total. The molecule has 1 spiro atoms. The zero-order valence-corrected chi connectivity index (χ0v) is 12.2. The summed E-state index contributed by atoms with van der Waals surface area (Å²) in [7, 11) is 0. The number of aliphatic hydroxyl groups is 2. The normalized spacial score (nSPS) is 67.5. The molecule has 7 fully saturated rings. The molecule has 4 bridgehead atoms. The number of ether oxygens (including phenoxy) is 3. The van der Waals surface area contributed by atoms with E-state index in [0.29, 0.717) is 32.5 Å². The van der Waals surface area contributed by atoms with Crippen LogP contribution in [-0.4, -0.2) is 64.3 Å². The Balaban J connectivity index is 1.60. The summed E-state index contributed by atoms with van der Waals surface area (Å²) in [5.41, 5.74) is -2.66. The van der Waals surface area contributed by atoms with Gasteiger partial charge in [0.25, 0.3) is 0 Å². The van der Waals surface area contributed by atoms with Gasteiger partial charge in [0.1, 0.15) is 17.0 Å². The highest BCUT2D eigenvalue weighted by Gasteiger charge is 2.83. The summed E-state index contributed by atoms with van der Waals surface area (Å²) in [5.74, 6) is -0.628. The van der Waals surface area contributed by atoms with E-state index in [4.69, 9.17) is 14.2 Å². The molecule has 0 amide bonds. The molecule has 7 rings (SSSR count). The fourth-order valence-electron chi connectivity index (χ4n) is 6.82. The molecule has 0 aromatic carbocycles. The molecule has 9 atom stereocenters. The SMILES string of the molecule is O=C1C[C@H]2[C@@H]3[C@@H]4O[C@]25CCO[C@@H]5[C@H]1[C@@]3(O)C[C@@H]1OCC[C@@]14O. The summed E-state index contributed by atoms with van der Waals surface area (Å²) in [6.07, 6.45) is 0.839. The summed E-state index contributed by atoms with van der Waals surface area (Å²) in [6, 6.07) is 0. The highest BCUT2D eigenvalue weighted by molar-refractivity contribution is 5.86. The number of carbonyl (C=O) groups excluding carboxylic acids is 1. The lowest BCUT2D eigenvalue weighted by molar-refractivity contribution is -0.236. The van der Waals surface area contributed by atoms with Gasteiger partial charge in [-0.3, -0.25) is 4.79 Å². The van der Waals surface area contributed by atoms with Gasteiger partial charge in [0.2, 0.25) is 0 Å². The average Bonchev–Trinajstić information content (AvgIpc) is 3.11. The third kappa shape index (κ3) is 1.05. The maximum atomic E-state index is 12.6. The second kappa shape index (κ2) is 3.44. The van der Waals surface area contributed by atoms with E-state index in [-0.39, 0.29) is 23.7 Å². The van der Waals surface area contributed by atoms with Crippen LogP contribution in [0.25, 0.3) is 0 Å². The highest BCUT2D eigenvalue weighted by Crippen LogP contribution is 2.70. The van der Waals surface area contributed by atoms with Crippen LogP contribution in [0.4, 0.5) is 0 Å². The van der Waals surface area contributed by atoms with Crippen molar-refractivity contribution in [1.29, 1.82) is 0 Å². The lowest BCUT2D eigenvalue weighted by Gasteiger charge is -2.60. The van der Waals surface area contributed by atoms with Crippen LogP contribution in [0.3, 0.4) is 0 Å². The number of hydrogen-bond acceptors (Lipinski definition) is 6. The Morgan fingerprint density at radius 1 is 1.05 bits per heavy atom. The molecule has 0 aromatic heterocycles. The fourth-order valence-corrected chi connectivity index (χ4v) is 6.82. The Labute approximate surface area is 127 Å². The van der Waals surface area contributed by atoms with Gasteiger partial charge in [-0.05, 0) is 0 Å². The Morgan fingerprint density at radius 2 is 1.86 bits per heavy atom. The van der Waals surface area contributed by atoms with E-state index in [1.807, 2.05) is 0 Å². The van der Waals surface area contributed by atoms with Gasteiger partial charge in [0, 0.05) is 44.1 Å². The smallest absolute Gasteiger partial charge is 0.141 e. The molecule has 0 radical (unpaired) electrons. The molecule has 6 nitrogen and oxygen atoms in total. The third-order valence-corrected chi connectivity index (χ3v) is 7.58. The third-order valence-electron chi connectivity index (χ3n) is 7.58. The van der Waals surface area contributed by atoms with Gasteiger partial charge >= 0.3 is 0 Å². The van der Waals surface area contributed by atoms with Crippen molar-refractivity contribution in [2.24, 2.45) is 17.8 Å². The molecule has 3 aliphatic heterocycles. The molecule has 0 aromatic rings. The second-order valence-electron chi connectivity index (χ2n) is 8.11. The van der Waals surface area contributed by atoms with Crippen LogP contribution in [0.15, 0.2) is 0 Å². The van der Waals surface area contributed by atoms with Gasteiger partial charge in [0.15, 0.2) is 0 Å². The Kier molecular flexibility index (Phi) is 2.01. The van der Waals surface area contributed by atoms with Crippen LogP contribution in [0.5, 0.6) is 0 Å². The minimum atomic E-state index is -1.15. The monoisotopic (exact) mass is 308 g/mol. The van der Waals surface area contributed by atoms with Crippen LogP contribution < -0.4 is 0 Å². The fraction of sp³-hybridized carbons (Fsp3) is 0.938. The number of carbonyl (C=O) groups is 1. The minimum Gasteiger partial charge on any atom is -0.389 e. The van der Waals surface area contributed by atoms with Gasteiger partial charge in [-0.2, -0.15) is 0 Å². The first-order valence-electron chi connectivity index (χ1n) is 8.39. The summed E-state index contributed by atoms with van der Waals surface area (Å²) in [6.45, 7) is 1.05. The van der Waals surface area contributed by atoms with E-state index >= 15 is 0 Å². The summed E-state index contributed by atoms with van der Waals surface area (Å²) < 4.78 is 18.1. The van der Waals surface area contributed by atoms with Crippen molar-refractivity contribution in [1.82, 2.24) is 0 Å². The highest BCUT2D eigenvalue weighted by atomic mass is 16.6. The molecule has 120 valence electrons. The Hall–Kier alpha value is -0.530. The molecule has 3 heterocycles. The minimum absolute atomic E-state index is 0.0296. The van der Waals surface area contributed by atoms with Crippen LogP contribution in [0, 0.1) is 17.8 Å². The van der Waals surface area contributed by atoms with Crippen LogP contribution in [0.2, 0.25) is 0 Å². The number of rotatable bonds is 0. The van der Waals surface area contributed by atoms with Crippen LogP contribution in [0.1, 0.15) is 25.7 Å². The maximum absolute atomic E-state index is 12.6. The van der Waals surface area contributed by atoms with Crippen molar-refractivity contribution in [3.63, 3.8) is 0 Å². The van der Waals surface area contributed by atoms with E-state index < -0.39 is 34.9 Å². The van der Waals surface area contributed by atoms with Crippen LogP contribution in [-0.2, 0) is 19.0 Å². The Bertz CT molecular complexity index is 593. The summed E-state index contributed by atoms with van der Waals surface area (Å²) in [4.78, 5) is 12.6. The average molecular weight is 308 g/mol. The van der Waals surface area contributed by atoms with Crippen molar-refractivity contribution in [2.75, 3.05) is 13.2 Å². The van der Waals surface area contributed by atoms with Crippen molar-refractivity contribution < 1.29 is 29.2 Å². The molecule has 4 aliphatic carbocycles. The molecule has 0 unspecified atom stereocenters. The topological polar surface area (TPSA) is 85.2 Å². The zero-order chi connectivity index (χ0) is 14.9. The van der Waals surface area contributed by atoms with E-state index in [0.717, 1.165) is 6.42 Å². The quantitative estimate of drug-likeness (QED) is 0.622. The predicted molar refractivity (Wildman–Crippen MR) is 70.9 cm³/mol. The van der Waals surface area contributed by atoms with E-state index in [2.05, 4.69) is 0 Å². The van der Waals surface area contributed by atoms with Crippen molar-refractivity contribution in [2.45, 2.75) is 60.8 Å². The van der Waals surface area contributed by atoms with E-state index in [9.17, 15) is 15.0 Å². The second-order valence-corrected chi connectivity index (χ2v) is 8.11.